The molecule has 0 radical (unpaired) electrons. The fraction of sp³-hybridized carbons (Fsp3) is 0.250. The Kier molecular flexibility index (Phi) is 4.62. The largest absolute Gasteiger partial charge is 0.416 e. The first kappa shape index (κ1) is 18.2. The predicted molar refractivity (Wildman–Crippen MR) is 96.2 cm³/mol. The van der Waals surface area contributed by atoms with E-state index in [-0.39, 0.29) is 18.4 Å². The molecule has 8 heteroatoms. The molecule has 0 saturated carbocycles. The highest BCUT2D eigenvalue weighted by Crippen LogP contribution is 2.29. The van der Waals surface area contributed by atoms with E-state index in [2.05, 4.69) is 10.3 Å². The van der Waals surface area contributed by atoms with Crippen LogP contribution < -0.4 is 0 Å². The second-order valence-electron chi connectivity index (χ2n) is 6.77. The molecule has 0 atom stereocenters. The van der Waals surface area contributed by atoms with Gasteiger partial charge in [0, 0.05) is 18.7 Å². The molecule has 1 fully saturated rings. The van der Waals surface area contributed by atoms with Gasteiger partial charge in [-0.05, 0) is 17.7 Å². The van der Waals surface area contributed by atoms with Crippen LogP contribution in [0.1, 0.15) is 17.2 Å². The summed E-state index contributed by atoms with van der Waals surface area (Å²) in [5.41, 5.74) is 1.60. The summed E-state index contributed by atoms with van der Waals surface area (Å²) in [5, 5.41) is 8.32. The Bertz CT molecular complexity index is 961. The number of aromatic nitrogens is 3. The van der Waals surface area contributed by atoms with Crippen LogP contribution in [0, 0.1) is 0 Å². The van der Waals surface area contributed by atoms with Crippen molar-refractivity contribution in [3.63, 3.8) is 0 Å². The van der Waals surface area contributed by atoms with Crippen LogP contribution in [0.15, 0.2) is 60.8 Å². The zero-order valence-corrected chi connectivity index (χ0v) is 14.8. The summed E-state index contributed by atoms with van der Waals surface area (Å²) in [4.78, 5) is 14.0. The van der Waals surface area contributed by atoms with Gasteiger partial charge in [-0.2, -0.15) is 13.2 Å². The van der Waals surface area contributed by atoms with Gasteiger partial charge in [0.25, 0.3) is 0 Å². The molecule has 1 amide bonds. The third-order valence-electron chi connectivity index (χ3n) is 4.81. The van der Waals surface area contributed by atoms with Gasteiger partial charge in [-0.3, -0.25) is 4.79 Å². The van der Waals surface area contributed by atoms with Crippen molar-refractivity contribution in [1.82, 2.24) is 19.9 Å². The molecule has 3 aromatic rings. The lowest BCUT2D eigenvalue weighted by Gasteiger charge is -2.39. The number of halogens is 3. The number of hydrogen-bond donors (Lipinski definition) is 0. The van der Waals surface area contributed by atoms with Gasteiger partial charge >= 0.3 is 6.18 Å². The first-order chi connectivity index (χ1) is 13.4. The van der Waals surface area contributed by atoms with E-state index in [1.165, 1.54) is 12.1 Å². The van der Waals surface area contributed by atoms with Gasteiger partial charge in [-0.1, -0.05) is 47.7 Å². The Hall–Kier alpha value is -3.16. The second kappa shape index (κ2) is 7.10. The van der Waals surface area contributed by atoms with E-state index in [9.17, 15) is 18.0 Å². The number of nitrogens with zero attached hydrogens (tertiary/aromatic N) is 4. The number of rotatable bonds is 4. The van der Waals surface area contributed by atoms with Crippen molar-refractivity contribution in [1.29, 1.82) is 0 Å². The predicted octanol–water partition coefficient (Wildman–Crippen LogP) is 3.59. The highest BCUT2D eigenvalue weighted by Gasteiger charge is 2.33. The maximum Gasteiger partial charge on any atom is 0.416 e. The average Bonchev–Trinajstić information content (AvgIpc) is 3.10. The minimum atomic E-state index is -4.37. The molecule has 144 valence electrons. The number of alkyl halides is 3. The molecule has 1 aliphatic heterocycles. The van der Waals surface area contributed by atoms with Crippen molar-refractivity contribution in [3.05, 3.63) is 71.9 Å². The van der Waals surface area contributed by atoms with Gasteiger partial charge < -0.3 is 4.90 Å². The van der Waals surface area contributed by atoms with E-state index in [1.807, 2.05) is 36.5 Å². The van der Waals surface area contributed by atoms with E-state index >= 15 is 0 Å². The number of hydrogen-bond acceptors (Lipinski definition) is 3. The summed E-state index contributed by atoms with van der Waals surface area (Å²) in [5.74, 6) is -0.112. The maximum absolute atomic E-state index is 12.6. The van der Waals surface area contributed by atoms with E-state index < -0.39 is 11.7 Å². The van der Waals surface area contributed by atoms with Crippen molar-refractivity contribution in [2.24, 2.45) is 0 Å². The fourth-order valence-corrected chi connectivity index (χ4v) is 3.12. The maximum atomic E-state index is 12.6. The van der Waals surface area contributed by atoms with Gasteiger partial charge in [-0.25, -0.2) is 4.68 Å². The van der Waals surface area contributed by atoms with Crippen LogP contribution in [0.2, 0.25) is 0 Å². The molecule has 5 nitrogen and oxygen atoms in total. The summed E-state index contributed by atoms with van der Waals surface area (Å²) in [6, 6.07) is 14.5. The average molecular weight is 386 g/mol. The minimum absolute atomic E-state index is 0.0570. The summed E-state index contributed by atoms with van der Waals surface area (Å²) in [6.45, 7) is 1.02. The molecule has 1 aromatic heterocycles. The van der Waals surface area contributed by atoms with E-state index in [1.54, 1.807) is 9.58 Å². The molecule has 4 rings (SSSR count). The molecule has 0 aliphatic carbocycles. The first-order valence-electron chi connectivity index (χ1n) is 8.81. The van der Waals surface area contributed by atoms with Crippen molar-refractivity contribution in [2.75, 3.05) is 13.1 Å². The molecule has 2 aromatic carbocycles. The highest BCUT2D eigenvalue weighted by atomic mass is 19.4. The minimum Gasteiger partial charge on any atom is -0.338 e. The van der Waals surface area contributed by atoms with Crippen LogP contribution in [0.4, 0.5) is 13.2 Å². The van der Waals surface area contributed by atoms with Crippen molar-refractivity contribution in [2.45, 2.75) is 18.6 Å². The number of amides is 1. The SMILES string of the molecule is O=C(Cc1ccc(C(F)(F)F)cc1)N1CC(n2cc(-c3ccccc3)nn2)C1. The molecule has 0 bridgehead atoms. The van der Waals surface area contributed by atoms with Gasteiger partial charge in [-0.15, -0.1) is 5.10 Å². The molecule has 28 heavy (non-hydrogen) atoms. The van der Waals surface area contributed by atoms with E-state index in [0.29, 0.717) is 18.7 Å². The summed E-state index contributed by atoms with van der Waals surface area (Å²) >= 11 is 0. The Morgan fingerprint density at radius 1 is 1.04 bits per heavy atom. The normalized spacial score (nSPS) is 14.8. The van der Waals surface area contributed by atoms with E-state index in [0.717, 1.165) is 23.4 Å². The summed E-state index contributed by atoms with van der Waals surface area (Å²) in [6.07, 6.45) is -2.43. The number of likely N-dealkylation sites (tertiary alicyclic amines) is 1. The molecule has 0 unspecified atom stereocenters. The molecular formula is C20H17F3N4O. The number of carbonyl (C=O) groups excluding carboxylic acids is 1. The van der Waals surface area contributed by atoms with Crippen molar-refractivity contribution < 1.29 is 18.0 Å². The fourth-order valence-electron chi connectivity index (χ4n) is 3.12. The zero-order valence-electron chi connectivity index (χ0n) is 14.8. The topological polar surface area (TPSA) is 51.0 Å². The third-order valence-corrected chi connectivity index (χ3v) is 4.81. The quantitative estimate of drug-likeness (QED) is 0.689. The molecule has 1 saturated heterocycles. The standard InChI is InChI=1S/C20H17F3N4O/c21-20(22,23)16-8-6-14(7-9-16)10-19(28)26-11-17(12-26)27-13-18(24-25-27)15-4-2-1-3-5-15/h1-9,13,17H,10-12H2. The smallest absolute Gasteiger partial charge is 0.338 e. The molecule has 2 heterocycles. The van der Waals surface area contributed by atoms with Crippen molar-refractivity contribution in [3.8, 4) is 11.3 Å². The lowest BCUT2D eigenvalue weighted by molar-refractivity contribution is -0.137. The van der Waals surface area contributed by atoms with Crippen LogP contribution in [0.3, 0.4) is 0 Å². The molecule has 0 N–H and O–H groups in total. The highest BCUT2D eigenvalue weighted by molar-refractivity contribution is 5.79. The van der Waals surface area contributed by atoms with Gasteiger partial charge in [0.2, 0.25) is 5.91 Å². The molecule has 1 aliphatic rings. The Morgan fingerprint density at radius 2 is 1.71 bits per heavy atom. The van der Waals surface area contributed by atoms with Crippen LogP contribution >= 0.6 is 0 Å². The number of carbonyl (C=O) groups is 1. The molecule has 0 spiro atoms. The van der Waals surface area contributed by atoms with Gasteiger partial charge in [0.15, 0.2) is 0 Å². The Balaban J connectivity index is 1.33. The van der Waals surface area contributed by atoms with Crippen LogP contribution in [0.25, 0.3) is 11.3 Å². The van der Waals surface area contributed by atoms with Crippen LogP contribution in [-0.4, -0.2) is 38.9 Å². The third kappa shape index (κ3) is 3.76. The number of benzene rings is 2. The summed E-state index contributed by atoms with van der Waals surface area (Å²) < 4.78 is 39.6. The first-order valence-corrected chi connectivity index (χ1v) is 8.81. The van der Waals surface area contributed by atoms with Crippen LogP contribution in [0.5, 0.6) is 0 Å². The van der Waals surface area contributed by atoms with Crippen LogP contribution in [-0.2, 0) is 17.4 Å². The summed E-state index contributed by atoms with van der Waals surface area (Å²) in [7, 11) is 0. The van der Waals surface area contributed by atoms with E-state index in [4.69, 9.17) is 0 Å². The van der Waals surface area contributed by atoms with Gasteiger partial charge in [0.05, 0.1) is 24.2 Å². The van der Waals surface area contributed by atoms with Crippen molar-refractivity contribution >= 4 is 5.91 Å². The Labute approximate surface area is 159 Å². The Morgan fingerprint density at radius 3 is 2.36 bits per heavy atom. The zero-order chi connectivity index (χ0) is 19.7. The lowest BCUT2D eigenvalue weighted by Crippen LogP contribution is -2.51. The van der Waals surface area contributed by atoms with Gasteiger partial charge in [0.1, 0.15) is 5.69 Å². The second-order valence-corrected chi connectivity index (χ2v) is 6.77. The lowest BCUT2D eigenvalue weighted by atomic mass is 10.0. The monoisotopic (exact) mass is 386 g/mol. The molecular weight excluding hydrogens is 369 g/mol.